The van der Waals surface area contributed by atoms with Gasteiger partial charge in [-0.15, -0.1) is 0 Å². The second kappa shape index (κ2) is 10.1. The van der Waals surface area contributed by atoms with Crippen molar-refractivity contribution < 1.29 is 19.1 Å². The van der Waals surface area contributed by atoms with Gasteiger partial charge in [0, 0.05) is 57.7 Å². The summed E-state index contributed by atoms with van der Waals surface area (Å²) in [6.45, 7) is 7.59. The first-order valence-corrected chi connectivity index (χ1v) is 10.1. The fourth-order valence-corrected chi connectivity index (χ4v) is 3.49. The molecular formula is C22H35N3O4. The molecule has 2 amide bonds. The van der Waals surface area contributed by atoms with E-state index in [0.717, 1.165) is 30.7 Å². The zero-order valence-electron chi connectivity index (χ0n) is 18.6. The van der Waals surface area contributed by atoms with Crippen LogP contribution in [0.2, 0.25) is 0 Å². The number of hydrogen-bond donors (Lipinski definition) is 1. The minimum Gasteiger partial charge on any atom is -0.377 e. The van der Waals surface area contributed by atoms with Crippen LogP contribution in [0.1, 0.15) is 39.2 Å². The highest BCUT2D eigenvalue weighted by Crippen LogP contribution is 2.28. The third-order valence-electron chi connectivity index (χ3n) is 4.86. The van der Waals surface area contributed by atoms with Crippen LogP contribution in [-0.4, -0.2) is 63.8 Å². The number of ether oxygens (including phenoxy) is 2. The van der Waals surface area contributed by atoms with Crippen LogP contribution in [0.5, 0.6) is 0 Å². The number of hydrogen-bond acceptors (Lipinski definition) is 5. The van der Waals surface area contributed by atoms with Crippen molar-refractivity contribution in [1.82, 2.24) is 4.90 Å². The van der Waals surface area contributed by atoms with Gasteiger partial charge in [0.2, 0.25) is 11.8 Å². The zero-order valence-corrected chi connectivity index (χ0v) is 18.6. The molecule has 1 aromatic rings. The van der Waals surface area contributed by atoms with Gasteiger partial charge in [-0.3, -0.25) is 9.59 Å². The van der Waals surface area contributed by atoms with Gasteiger partial charge in [-0.25, -0.2) is 0 Å². The minimum atomic E-state index is -0.485. The lowest BCUT2D eigenvalue weighted by molar-refractivity contribution is -0.141. The molecule has 1 unspecified atom stereocenters. The van der Waals surface area contributed by atoms with Crippen LogP contribution in [-0.2, 0) is 25.6 Å². The predicted octanol–water partition coefficient (Wildman–Crippen LogP) is 2.89. The average Bonchev–Trinajstić information content (AvgIpc) is 3.13. The van der Waals surface area contributed by atoms with E-state index in [1.165, 1.54) is 7.11 Å². The zero-order chi connectivity index (χ0) is 21.6. The van der Waals surface area contributed by atoms with E-state index in [1.54, 1.807) is 0 Å². The van der Waals surface area contributed by atoms with Crippen LogP contribution >= 0.6 is 0 Å². The monoisotopic (exact) mass is 405 g/mol. The van der Waals surface area contributed by atoms with E-state index < -0.39 is 5.41 Å². The number of nitrogens with zero attached hydrogens (tertiary/aromatic N) is 2. The summed E-state index contributed by atoms with van der Waals surface area (Å²) in [6.07, 6.45) is 2.09. The average molecular weight is 406 g/mol. The lowest BCUT2D eigenvalue weighted by Crippen LogP contribution is -2.43. The summed E-state index contributed by atoms with van der Waals surface area (Å²) in [5, 5.41) is 2.84. The van der Waals surface area contributed by atoms with Gasteiger partial charge in [0.25, 0.3) is 0 Å². The second-order valence-corrected chi connectivity index (χ2v) is 8.79. The number of carbonyl (C=O) groups excluding carboxylic acids is 2. The summed E-state index contributed by atoms with van der Waals surface area (Å²) in [6, 6.07) is 5.76. The Hall–Kier alpha value is -2.12. The molecule has 1 atom stereocenters. The predicted molar refractivity (Wildman–Crippen MR) is 115 cm³/mol. The molecule has 7 heteroatoms. The molecule has 1 aromatic carbocycles. The number of methoxy groups -OCH3 is 1. The quantitative estimate of drug-likeness (QED) is 0.720. The highest BCUT2D eigenvalue weighted by molar-refractivity contribution is 5.92. The summed E-state index contributed by atoms with van der Waals surface area (Å²) >= 11 is 0. The van der Waals surface area contributed by atoms with Gasteiger partial charge >= 0.3 is 0 Å². The van der Waals surface area contributed by atoms with Gasteiger partial charge in [-0.05, 0) is 36.6 Å². The Morgan fingerprint density at radius 1 is 1.28 bits per heavy atom. The summed E-state index contributed by atoms with van der Waals surface area (Å²) in [5.41, 5.74) is 2.18. The normalized spacial score (nSPS) is 16.6. The molecule has 0 saturated carbocycles. The second-order valence-electron chi connectivity index (χ2n) is 8.79. The molecule has 1 fully saturated rings. The number of carbonyl (C=O) groups is 2. The summed E-state index contributed by atoms with van der Waals surface area (Å²) in [4.78, 5) is 29.0. The van der Waals surface area contributed by atoms with E-state index in [1.807, 2.05) is 62.9 Å². The Balaban J connectivity index is 2.30. The maximum atomic E-state index is 13.2. The SMILES string of the molecule is COCC(=O)Nc1ccc(N(C)C)c(CN(CC2CCCO2)C(=O)C(C)(C)C)c1. The summed E-state index contributed by atoms with van der Waals surface area (Å²) < 4.78 is 10.7. The molecule has 29 heavy (non-hydrogen) atoms. The van der Waals surface area contributed by atoms with Gasteiger partial charge in [-0.1, -0.05) is 20.8 Å². The number of anilines is 2. The first-order valence-electron chi connectivity index (χ1n) is 10.1. The van der Waals surface area contributed by atoms with Gasteiger partial charge in [0.1, 0.15) is 6.61 Å². The molecule has 1 aliphatic rings. The van der Waals surface area contributed by atoms with Gasteiger partial charge in [-0.2, -0.15) is 0 Å². The Labute approximate surface area is 174 Å². The lowest BCUT2D eigenvalue weighted by atomic mass is 9.94. The van der Waals surface area contributed by atoms with Crippen molar-refractivity contribution in [1.29, 1.82) is 0 Å². The molecule has 1 saturated heterocycles. The van der Waals surface area contributed by atoms with Crippen molar-refractivity contribution in [2.45, 2.75) is 46.3 Å². The van der Waals surface area contributed by atoms with Crippen LogP contribution < -0.4 is 10.2 Å². The van der Waals surface area contributed by atoms with E-state index in [4.69, 9.17) is 9.47 Å². The Kier molecular flexibility index (Phi) is 8.05. The first kappa shape index (κ1) is 23.2. The maximum Gasteiger partial charge on any atom is 0.250 e. The molecule has 1 heterocycles. The van der Waals surface area contributed by atoms with Crippen molar-refractivity contribution in [3.8, 4) is 0 Å². The number of amides is 2. The van der Waals surface area contributed by atoms with Crippen molar-refractivity contribution in [2.75, 3.05) is 51.2 Å². The Morgan fingerprint density at radius 3 is 2.55 bits per heavy atom. The standard InChI is InChI=1S/C22H35N3O4/c1-22(2,3)21(27)25(14-18-8-7-11-29-18)13-16-12-17(23-20(26)15-28-6)9-10-19(16)24(4)5/h9-10,12,18H,7-8,11,13-15H2,1-6H3,(H,23,26). The molecule has 0 aromatic heterocycles. The molecule has 0 bridgehead atoms. The van der Waals surface area contributed by atoms with E-state index >= 15 is 0 Å². The van der Waals surface area contributed by atoms with Crippen LogP contribution in [0.3, 0.4) is 0 Å². The Morgan fingerprint density at radius 2 is 2.00 bits per heavy atom. The molecule has 0 spiro atoms. The van der Waals surface area contributed by atoms with E-state index in [2.05, 4.69) is 5.32 Å². The van der Waals surface area contributed by atoms with E-state index in [9.17, 15) is 9.59 Å². The molecular weight excluding hydrogens is 370 g/mol. The minimum absolute atomic E-state index is 0.00157. The van der Waals surface area contributed by atoms with Gasteiger partial charge in [0.05, 0.1) is 6.10 Å². The highest BCUT2D eigenvalue weighted by Gasteiger charge is 2.30. The van der Waals surface area contributed by atoms with E-state index in [-0.39, 0.29) is 24.5 Å². The van der Waals surface area contributed by atoms with Gasteiger partial charge in [0.15, 0.2) is 0 Å². The molecule has 1 N–H and O–H groups in total. The van der Waals surface area contributed by atoms with Crippen LogP contribution in [0.25, 0.3) is 0 Å². The molecule has 7 nitrogen and oxygen atoms in total. The summed E-state index contributed by atoms with van der Waals surface area (Å²) in [7, 11) is 5.43. The smallest absolute Gasteiger partial charge is 0.250 e. The van der Waals surface area contributed by atoms with Crippen molar-refractivity contribution in [3.05, 3.63) is 23.8 Å². The fourth-order valence-electron chi connectivity index (χ4n) is 3.49. The van der Waals surface area contributed by atoms with Crippen molar-refractivity contribution in [3.63, 3.8) is 0 Å². The van der Waals surface area contributed by atoms with Crippen molar-refractivity contribution in [2.24, 2.45) is 5.41 Å². The lowest BCUT2D eigenvalue weighted by Gasteiger charge is -2.32. The fraction of sp³-hybridized carbons (Fsp3) is 0.636. The van der Waals surface area contributed by atoms with Crippen LogP contribution in [0, 0.1) is 5.41 Å². The highest BCUT2D eigenvalue weighted by atomic mass is 16.5. The molecule has 0 radical (unpaired) electrons. The molecule has 162 valence electrons. The maximum absolute atomic E-state index is 13.2. The van der Waals surface area contributed by atoms with Crippen LogP contribution in [0.4, 0.5) is 11.4 Å². The Bertz CT molecular complexity index is 706. The largest absolute Gasteiger partial charge is 0.377 e. The topological polar surface area (TPSA) is 71.1 Å². The molecule has 1 aliphatic heterocycles. The number of rotatable bonds is 8. The third-order valence-corrected chi connectivity index (χ3v) is 4.86. The summed E-state index contributed by atoms with van der Waals surface area (Å²) in [5.74, 6) is -0.121. The first-order chi connectivity index (χ1) is 13.6. The van der Waals surface area contributed by atoms with Gasteiger partial charge < -0.3 is 24.6 Å². The molecule has 2 rings (SSSR count). The van der Waals surface area contributed by atoms with E-state index in [0.29, 0.717) is 18.8 Å². The number of benzene rings is 1. The third kappa shape index (κ3) is 6.72. The van der Waals surface area contributed by atoms with Crippen LogP contribution in [0.15, 0.2) is 18.2 Å². The number of nitrogens with one attached hydrogen (secondary N) is 1. The van der Waals surface area contributed by atoms with Crippen molar-refractivity contribution >= 4 is 23.2 Å². The molecule has 0 aliphatic carbocycles.